The molecule has 2 bridgehead atoms. The number of likely N-dealkylation sites (tertiary alicyclic amines) is 1. The summed E-state index contributed by atoms with van der Waals surface area (Å²) < 4.78 is 11.6. The zero-order chi connectivity index (χ0) is 17.6. The van der Waals surface area contributed by atoms with E-state index in [9.17, 15) is 9.59 Å². The molecule has 3 aliphatic rings. The number of hydrogen-bond donors (Lipinski definition) is 0. The van der Waals surface area contributed by atoms with Crippen LogP contribution in [0.5, 0.6) is 0 Å². The van der Waals surface area contributed by atoms with Gasteiger partial charge in [-0.1, -0.05) is 32.1 Å². The van der Waals surface area contributed by atoms with Crippen LogP contribution in [0.25, 0.3) is 0 Å². The maximum absolute atomic E-state index is 13.0. The van der Waals surface area contributed by atoms with Crippen molar-refractivity contribution in [3.8, 4) is 0 Å². The number of thiophene rings is 1. The van der Waals surface area contributed by atoms with Crippen LogP contribution in [0.3, 0.4) is 0 Å². The molecule has 25 heavy (non-hydrogen) atoms. The highest BCUT2D eigenvalue weighted by Crippen LogP contribution is 2.52. The number of amides is 1. The molecule has 2 saturated heterocycles. The van der Waals surface area contributed by atoms with Gasteiger partial charge in [0, 0.05) is 4.88 Å². The highest BCUT2D eigenvalue weighted by Gasteiger charge is 2.67. The van der Waals surface area contributed by atoms with Crippen molar-refractivity contribution in [3.63, 3.8) is 0 Å². The molecule has 0 saturated carbocycles. The second kappa shape index (κ2) is 6.25. The minimum absolute atomic E-state index is 0.00561. The van der Waals surface area contributed by atoms with Crippen molar-refractivity contribution in [1.82, 2.24) is 4.90 Å². The van der Waals surface area contributed by atoms with Gasteiger partial charge in [-0.2, -0.15) is 0 Å². The Morgan fingerprint density at radius 2 is 2.36 bits per heavy atom. The van der Waals surface area contributed by atoms with Gasteiger partial charge < -0.3 is 14.4 Å². The van der Waals surface area contributed by atoms with Crippen molar-refractivity contribution in [1.29, 1.82) is 0 Å². The van der Waals surface area contributed by atoms with Crippen LogP contribution in [0.4, 0.5) is 0 Å². The lowest BCUT2D eigenvalue weighted by Gasteiger charge is -2.23. The number of rotatable bonds is 6. The third-order valence-electron chi connectivity index (χ3n) is 5.32. The predicted molar refractivity (Wildman–Crippen MR) is 93.9 cm³/mol. The Balaban J connectivity index is 1.49. The zero-order valence-corrected chi connectivity index (χ0v) is 15.3. The normalized spacial score (nSPS) is 32.7. The largest absolute Gasteiger partial charge is 0.465 e. The third kappa shape index (κ3) is 2.81. The van der Waals surface area contributed by atoms with Crippen LogP contribution in [0, 0.1) is 17.8 Å². The van der Waals surface area contributed by atoms with Crippen LogP contribution in [0.2, 0.25) is 0 Å². The molecule has 134 valence electrons. The van der Waals surface area contributed by atoms with Gasteiger partial charge >= 0.3 is 5.97 Å². The summed E-state index contributed by atoms with van der Waals surface area (Å²) in [5.41, 5.74) is -0.652. The summed E-state index contributed by atoms with van der Waals surface area (Å²) in [4.78, 5) is 28.6. The van der Waals surface area contributed by atoms with E-state index < -0.39 is 17.4 Å². The molecule has 6 heteroatoms. The Morgan fingerprint density at radius 3 is 3.08 bits per heavy atom. The van der Waals surface area contributed by atoms with E-state index in [1.807, 2.05) is 34.6 Å². The Morgan fingerprint density at radius 1 is 1.52 bits per heavy atom. The molecule has 1 spiro atoms. The van der Waals surface area contributed by atoms with Gasteiger partial charge in [0.15, 0.2) is 0 Å². The van der Waals surface area contributed by atoms with E-state index in [2.05, 4.69) is 13.8 Å². The quantitative estimate of drug-likeness (QED) is 0.577. The SMILES string of the molecule is CC(C)CCOC(=O)C1[C@H]2C(=O)N(Cc3cccs3)C[C@]23C=C[C@H]1O3. The molecule has 4 rings (SSSR count). The topological polar surface area (TPSA) is 55.8 Å². The second-order valence-electron chi connectivity index (χ2n) is 7.52. The Bertz CT molecular complexity index is 698. The number of hydrogen-bond acceptors (Lipinski definition) is 5. The van der Waals surface area contributed by atoms with Crippen molar-refractivity contribution in [3.05, 3.63) is 34.5 Å². The van der Waals surface area contributed by atoms with Crippen LogP contribution in [-0.4, -0.2) is 41.6 Å². The summed E-state index contributed by atoms with van der Waals surface area (Å²) in [5, 5.41) is 2.01. The average molecular weight is 361 g/mol. The Kier molecular flexibility index (Phi) is 4.20. The summed E-state index contributed by atoms with van der Waals surface area (Å²) in [6.07, 6.45) is 4.40. The van der Waals surface area contributed by atoms with E-state index in [1.54, 1.807) is 11.3 Å². The fraction of sp³-hybridized carbons (Fsp3) is 0.579. The number of fused-ring (bicyclic) bond motifs is 1. The molecule has 3 aliphatic heterocycles. The van der Waals surface area contributed by atoms with Crippen LogP contribution in [0.1, 0.15) is 25.1 Å². The molecule has 2 fully saturated rings. The van der Waals surface area contributed by atoms with Crippen molar-refractivity contribution in [2.75, 3.05) is 13.2 Å². The molecule has 1 unspecified atom stereocenters. The monoisotopic (exact) mass is 361 g/mol. The van der Waals surface area contributed by atoms with Crippen molar-refractivity contribution < 1.29 is 19.1 Å². The van der Waals surface area contributed by atoms with Crippen molar-refractivity contribution in [2.24, 2.45) is 17.8 Å². The molecule has 1 amide bonds. The van der Waals surface area contributed by atoms with Crippen LogP contribution < -0.4 is 0 Å². The lowest BCUT2D eigenvalue weighted by Crippen LogP contribution is -2.40. The van der Waals surface area contributed by atoms with E-state index in [4.69, 9.17) is 9.47 Å². The lowest BCUT2D eigenvalue weighted by molar-refractivity contribution is -0.154. The molecule has 4 heterocycles. The highest BCUT2D eigenvalue weighted by molar-refractivity contribution is 7.09. The van der Waals surface area contributed by atoms with E-state index >= 15 is 0 Å². The molecule has 4 atom stereocenters. The molecule has 1 aromatic heterocycles. The molecule has 1 aromatic rings. The van der Waals surface area contributed by atoms with Gasteiger partial charge in [-0.25, -0.2) is 0 Å². The van der Waals surface area contributed by atoms with E-state index in [-0.39, 0.29) is 18.0 Å². The zero-order valence-electron chi connectivity index (χ0n) is 14.5. The van der Waals surface area contributed by atoms with Crippen LogP contribution in [-0.2, 0) is 25.6 Å². The number of esters is 1. The molecular weight excluding hydrogens is 338 g/mol. The van der Waals surface area contributed by atoms with Crippen LogP contribution in [0.15, 0.2) is 29.7 Å². The van der Waals surface area contributed by atoms with Crippen molar-refractivity contribution in [2.45, 2.75) is 38.5 Å². The average Bonchev–Trinajstić information content (AvgIpc) is 3.30. The smallest absolute Gasteiger partial charge is 0.312 e. The van der Waals surface area contributed by atoms with Gasteiger partial charge in [0.2, 0.25) is 5.91 Å². The van der Waals surface area contributed by atoms with Crippen LogP contribution >= 0.6 is 11.3 Å². The van der Waals surface area contributed by atoms with Gasteiger partial charge in [-0.15, -0.1) is 11.3 Å². The van der Waals surface area contributed by atoms with Gasteiger partial charge in [0.1, 0.15) is 11.5 Å². The number of nitrogens with zero attached hydrogens (tertiary/aromatic N) is 1. The fourth-order valence-electron chi connectivity index (χ4n) is 4.06. The highest BCUT2D eigenvalue weighted by atomic mass is 32.1. The molecule has 5 nitrogen and oxygen atoms in total. The Labute approximate surface area is 151 Å². The summed E-state index contributed by atoms with van der Waals surface area (Å²) in [7, 11) is 0. The minimum Gasteiger partial charge on any atom is -0.465 e. The van der Waals surface area contributed by atoms with Gasteiger partial charge in [-0.3, -0.25) is 9.59 Å². The second-order valence-corrected chi connectivity index (χ2v) is 8.56. The minimum atomic E-state index is -0.652. The molecular formula is C19H23NO4S. The summed E-state index contributed by atoms with van der Waals surface area (Å²) >= 11 is 1.63. The first-order valence-corrected chi connectivity index (χ1v) is 9.73. The van der Waals surface area contributed by atoms with Gasteiger partial charge in [0.25, 0.3) is 0 Å². The summed E-state index contributed by atoms with van der Waals surface area (Å²) in [6, 6.07) is 4.01. The van der Waals surface area contributed by atoms with E-state index in [1.165, 1.54) is 0 Å². The molecule has 0 aliphatic carbocycles. The standard InChI is InChI=1S/C19H23NO4S/c1-12(2)6-8-23-18(22)15-14-5-7-19(24-14)11-20(17(21)16(15)19)10-13-4-3-9-25-13/h3-5,7,9,12,14-16H,6,8,10-11H2,1-2H3/t14-,15?,16+,19-/m1/s1. The third-order valence-corrected chi connectivity index (χ3v) is 6.18. The fourth-order valence-corrected chi connectivity index (χ4v) is 4.78. The number of ether oxygens (including phenoxy) is 2. The maximum atomic E-state index is 13.0. The molecule has 0 radical (unpaired) electrons. The number of carbonyl (C=O) groups excluding carboxylic acids is 2. The predicted octanol–water partition coefficient (Wildman–Crippen LogP) is 2.62. The Hall–Kier alpha value is -1.66. The first-order valence-electron chi connectivity index (χ1n) is 8.85. The first kappa shape index (κ1) is 16.8. The maximum Gasteiger partial charge on any atom is 0.312 e. The molecule has 0 N–H and O–H groups in total. The summed E-state index contributed by atoms with van der Waals surface area (Å²) in [6.45, 7) is 5.67. The van der Waals surface area contributed by atoms with E-state index in [0.717, 1.165) is 11.3 Å². The summed E-state index contributed by atoms with van der Waals surface area (Å²) in [5.74, 6) is -0.781. The van der Waals surface area contributed by atoms with E-state index in [0.29, 0.717) is 25.6 Å². The number of carbonyl (C=O) groups is 2. The first-order chi connectivity index (χ1) is 12.0. The van der Waals surface area contributed by atoms with Gasteiger partial charge in [0.05, 0.1) is 31.7 Å². The van der Waals surface area contributed by atoms with Gasteiger partial charge in [-0.05, 0) is 23.8 Å². The molecule has 0 aromatic carbocycles. The van der Waals surface area contributed by atoms with Crippen molar-refractivity contribution >= 4 is 23.2 Å². The lowest BCUT2D eigenvalue weighted by atomic mass is 9.77.